The van der Waals surface area contributed by atoms with E-state index in [2.05, 4.69) is 28.7 Å². The van der Waals surface area contributed by atoms with Crippen LogP contribution >= 0.6 is 0 Å². The number of aliphatic imine (C=N–C) groups is 1. The molecule has 7 nitrogen and oxygen atoms in total. The van der Waals surface area contributed by atoms with Crippen molar-refractivity contribution >= 4 is 6.21 Å². The normalized spacial score (nSPS) is 11.5. The number of rotatable bonds is 7. The molecule has 0 radical (unpaired) electrons. The Kier molecular flexibility index (Phi) is 6.30. The van der Waals surface area contributed by atoms with Crippen molar-refractivity contribution in [3.8, 4) is 11.6 Å². The molecular formula is C18H24N4O3. The number of nitrogens with one attached hydrogen (secondary N) is 1. The van der Waals surface area contributed by atoms with Gasteiger partial charge in [-0.25, -0.2) is 9.36 Å². The fourth-order valence-electron chi connectivity index (χ4n) is 2.56. The third-order valence-electron chi connectivity index (χ3n) is 4.04. The zero-order chi connectivity index (χ0) is 18.4. The van der Waals surface area contributed by atoms with Gasteiger partial charge in [-0.2, -0.15) is 0 Å². The molecule has 7 heteroatoms. The summed E-state index contributed by atoms with van der Waals surface area (Å²) in [6.45, 7) is 9.14. The molecule has 25 heavy (non-hydrogen) atoms. The largest absolute Gasteiger partial charge is 0.493 e. The summed E-state index contributed by atoms with van der Waals surface area (Å²) in [7, 11) is 0. The molecule has 0 aliphatic rings. The predicted molar refractivity (Wildman–Crippen MR) is 99.3 cm³/mol. The van der Waals surface area contributed by atoms with Crippen molar-refractivity contribution in [1.29, 1.82) is 0 Å². The zero-order valence-electron chi connectivity index (χ0n) is 14.8. The Morgan fingerprint density at radius 2 is 2.00 bits per heavy atom. The van der Waals surface area contributed by atoms with Gasteiger partial charge in [0.2, 0.25) is 5.88 Å². The van der Waals surface area contributed by atoms with Gasteiger partial charge in [0, 0.05) is 12.8 Å². The van der Waals surface area contributed by atoms with E-state index in [1.165, 1.54) is 6.21 Å². The molecular weight excluding hydrogens is 320 g/mol. The first-order chi connectivity index (χ1) is 12.0. The molecule has 0 spiro atoms. The summed E-state index contributed by atoms with van der Waals surface area (Å²) in [6.07, 6.45) is 1.32. The Morgan fingerprint density at radius 1 is 1.28 bits per heavy atom. The number of aromatic nitrogens is 2. The van der Waals surface area contributed by atoms with Crippen molar-refractivity contribution in [2.24, 2.45) is 4.99 Å². The number of aromatic hydroxyl groups is 1. The summed E-state index contributed by atoms with van der Waals surface area (Å²) in [5.41, 5.74) is 0.0491. The first-order valence-corrected chi connectivity index (χ1v) is 8.35. The molecule has 2 rings (SSSR count). The minimum Gasteiger partial charge on any atom is -0.493 e. The second kappa shape index (κ2) is 8.43. The third kappa shape index (κ3) is 4.45. The summed E-state index contributed by atoms with van der Waals surface area (Å²) in [5.74, 6) is -0.411. The van der Waals surface area contributed by atoms with Crippen molar-refractivity contribution in [2.45, 2.75) is 20.8 Å². The number of aromatic amines is 1. The first-order valence-electron chi connectivity index (χ1n) is 8.35. The second-order valence-corrected chi connectivity index (χ2v) is 5.73. The summed E-state index contributed by atoms with van der Waals surface area (Å²) in [6, 6.07) is 7.10. The van der Waals surface area contributed by atoms with Crippen LogP contribution in [-0.4, -0.2) is 52.0 Å². The Labute approximate surface area is 146 Å². The van der Waals surface area contributed by atoms with Gasteiger partial charge < -0.3 is 10.0 Å². The Bertz CT molecular complexity index is 863. The maximum atomic E-state index is 12.1. The van der Waals surface area contributed by atoms with Crippen LogP contribution in [0.3, 0.4) is 0 Å². The molecule has 2 N–H and O–H groups in total. The molecule has 0 saturated carbocycles. The van der Waals surface area contributed by atoms with E-state index in [0.29, 0.717) is 12.2 Å². The average Bonchev–Trinajstić information content (AvgIpc) is 2.57. The monoisotopic (exact) mass is 344 g/mol. The van der Waals surface area contributed by atoms with Crippen LogP contribution in [0, 0.1) is 6.92 Å². The van der Waals surface area contributed by atoms with Gasteiger partial charge in [0.05, 0.1) is 12.2 Å². The van der Waals surface area contributed by atoms with Crippen LogP contribution in [0.15, 0.2) is 38.8 Å². The van der Waals surface area contributed by atoms with E-state index in [1.54, 1.807) is 18.2 Å². The molecule has 0 fully saturated rings. The average molecular weight is 344 g/mol. The number of aryl methyl sites for hydroxylation is 1. The number of likely N-dealkylation sites (N-methyl/N-ethyl adjacent to an activating group) is 1. The van der Waals surface area contributed by atoms with Gasteiger partial charge in [-0.05, 0) is 37.7 Å². The van der Waals surface area contributed by atoms with E-state index in [9.17, 15) is 14.7 Å². The number of benzene rings is 1. The van der Waals surface area contributed by atoms with Crippen LogP contribution in [0.25, 0.3) is 5.69 Å². The third-order valence-corrected chi connectivity index (χ3v) is 4.04. The smallest absolute Gasteiger partial charge is 0.335 e. The number of H-pyrrole nitrogens is 1. The fourth-order valence-corrected chi connectivity index (χ4v) is 2.56. The molecule has 0 aliphatic carbocycles. The van der Waals surface area contributed by atoms with Gasteiger partial charge in [0.25, 0.3) is 5.56 Å². The van der Waals surface area contributed by atoms with Crippen molar-refractivity contribution in [3.05, 3.63) is 56.2 Å². The van der Waals surface area contributed by atoms with E-state index in [1.807, 2.05) is 13.0 Å². The van der Waals surface area contributed by atoms with E-state index in [4.69, 9.17) is 0 Å². The highest BCUT2D eigenvalue weighted by atomic mass is 16.3. The van der Waals surface area contributed by atoms with Gasteiger partial charge in [0.1, 0.15) is 5.56 Å². The minimum absolute atomic E-state index is 0.0272. The molecule has 0 amide bonds. The molecule has 0 atom stereocenters. The molecule has 0 unspecified atom stereocenters. The van der Waals surface area contributed by atoms with E-state index in [-0.39, 0.29) is 5.56 Å². The lowest BCUT2D eigenvalue weighted by Gasteiger charge is -2.15. The number of hydrogen-bond donors (Lipinski definition) is 2. The van der Waals surface area contributed by atoms with Crippen molar-refractivity contribution in [2.75, 3.05) is 26.2 Å². The van der Waals surface area contributed by atoms with Crippen LogP contribution in [-0.2, 0) is 0 Å². The van der Waals surface area contributed by atoms with Crippen LogP contribution in [0.1, 0.15) is 25.0 Å². The van der Waals surface area contributed by atoms with Crippen molar-refractivity contribution < 1.29 is 5.11 Å². The molecule has 0 saturated heterocycles. The van der Waals surface area contributed by atoms with E-state index < -0.39 is 17.1 Å². The van der Waals surface area contributed by atoms with Gasteiger partial charge in [0.15, 0.2) is 0 Å². The highest BCUT2D eigenvalue weighted by Gasteiger charge is 2.14. The van der Waals surface area contributed by atoms with Gasteiger partial charge >= 0.3 is 5.69 Å². The highest BCUT2D eigenvalue weighted by molar-refractivity contribution is 5.82. The lowest BCUT2D eigenvalue weighted by Crippen LogP contribution is -2.31. The topological polar surface area (TPSA) is 90.7 Å². The molecule has 0 bridgehead atoms. The number of hydrogen-bond acceptors (Lipinski definition) is 5. The van der Waals surface area contributed by atoms with Gasteiger partial charge in [-0.15, -0.1) is 0 Å². The summed E-state index contributed by atoms with van der Waals surface area (Å²) < 4.78 is 1.07. The summed E-state index contributed by atoms with van der Waals surface area (Å²) in [4.78, 5) is 32.8. The van der Waals surface area contributed by atoms with Crippen molar-refractivity contribution in [1.82, 2.24) is 14.5 Å². The standard InChI is InChI=1S/C18H24N4O3/c1-4-21(5-2)10-9-19-12-15-16(23)20-18(25)22(17(15)24)14-8-6-7-13(3)11-14/h6-8,11-12,24H,4-5,9-10H2,1-3H3,(H,20,23,25). The molecule has 134 valence electrons. The zero-order valence-corrected chi connectivity index (χ0v) is 14.8. The van der Waals surface area contributed by atoms with Crippen LogP contribution < -0.4 is 11.2 Å². The highest BCUT2D eigenvalue weighted by Crippen LogP contribution is 2.16. The molecule has 2 aromatic rings. The maximum Gasteiger partial charge on any atom is 0.335 e. The fraction of sp³-hybridized carbons (Fsp3) is 0.389. The Hall–Kier alpha value is -2.67. The maximum absolute atomic E-state index is 12.1. The Balaban J connectivity index is 2.35. The van der Waals surface area contributed by atoms with Crippen LogP contribution in [0.5, 0.6) is 5.88 Å². The predicted octanol–water partition coefficient (Wildman–Crippen LogP) is 1.30. The van der Waals surface area contributed by atoms with E-state index in [0.717, 1.165) is 29.8 Å². The lowest BCUT2D eigenvalue weighted by molar-refractivity contribution is 0.313. The summed E-state index contributed by atoms with van der Waals surface area (Å²) in [5, 5.41) is 10.4. The van der Waals surface area contributed by atoms with Gasteiger partial charge in [-0.1, -0.05) is 26.0 Å². The van der Waals surface area contributed by atoms with Crippen LogP contribution in [0.2, 0.25) is 0 Å². The second-order valence-electron chi connectivity index (χ2n) is 5.73. The number of nitrogens with zero attached hydrogens (tertiary/aromatic N) is 3. The van der Waals surface area contributed by atoms with E-state index >= 15 is 0 Å². The quantitative estimate of drug-likeness (QED) is 0.741. The molecule has 1 heterocycles. The van der Waals surface area contributed by atoms with Gasteiger partial charge in [-0.3, -0.25) is 14.8 Å². The summed E-state index contributed by atoms with van der Waals surface area (Å²) >= 11 is 0. The molecule has 1 aromatic carbocycles. The lowest BCUT2D eigenvalue weighted by atomic mass is 10.2. The van der Waals surface area contributed by atoms with Crippen molar-refractivity contribution in [3.63, 3.8) is 0 Å². The molecule has 0 aliphatic heterocycles. The first kappa shape index (κ1) is 18.7. The SMILES string of the molecule is CCN(CC)CCN=Cc1c(O)n(-c2cccc(C)c2)c(=O)[nH]c1=O. The molecule has 1 aromatic heterocycles. The van der Waals surface area contributed by atoms with Crippen LogP contribution in [0.4, 0.5) is 0 Å². The Morgan fingerprint density at radius 3 is 2.64 bits per heavy atom. The minimum atomic E-state index is -0.687.